The molecule has 2 aliphatic rings. The third-order valence-corrected chi connectivity index (χ3v) is 2.90. The van der Waals surface area contributed by atoms with E-state index < -0.39 is 0 Å². The summed E-state index contributed by atoms with van der Waals surface area (Å²) in [5.41, 5.74) is 6.53. The molecule has 2 rings (SSSR count). The van der Waals surface area contributed by atoms with Crippen LogP contribution in [0.25, 0.3) is 0 Å². The van der Waals surface area contributed by atoms with Crippen LogP contribution in [-0.2, 0) is 9.53 Å². The van der Waals surface area contributed by atoms with E-state index in [9.17, 15) is 4.79 Å². The highest BCUT2D eigenvalue weighted by Crippen LogP contribution is 2.17. The molecule has 1 unspecified atom stereocenters. The fraction of sp³-hybridized carbons (Fsp3) is 0.545. The lowest BCUT2D eigenvalue weighted by Gasteiger charge is -2.17. The van der Waals surface area contributed by atoms with Gasteiger partial charge in [-0.25, -0.2) is 0 Å². The van der Waals surface area contributed by atoms with Gasteiger partial charge in [0.25, 0.3) is 0 Å². The summed E-state index contributed by atoms with van der Waals surface area (Å²) in [6, 6.07) is 0. The van der Waals surface area contributed by atoms with Crippen LogP contribution in [0.4, 0.5) is 0 Å². The summed E-state index contributed by atoms with van der Waals surface area (Å²) in [6.07, 6.45) is 6.65. The molecule has 15 heavy (non-hydrogen) atoms. The standard InChI is InChI=1S/C11H16N2O2/c12-11(14)10-1-4-13(8-10)7-9-2-5-15-6-3-9/h2-3,5,10H,1,4,6-8H2,(H2,12,14). The Bertz CT molecular complexity index is 310. The maximum absolute atomic E-state index is 11.0. The molecule has 0 saturated carbocycles. The molecular weight excluding hydrogens is 192 g/mol. The van der Waals surface area contributed by atoms with Gasteiger partial charge in [-0.3, -0.25) is 9.69 Å². The Morgan fingerprint density at radius 3 is 3.13 bits per heavy atom. The summed E-state index contributed by atoms with van der Waals surface area (Å²) in [5, 5.41) is 0. The zero-order chi connectivity index (χ0) is 10.7. The molecule has 1 amide bonds. The number of hydrogen-bond donors (Lipinski definition) is 1. The van der Waals surface area contributed by atoms with Crippen LogP contribution in [0.3, 0.4) is 0 Å². The Morgan fingerprint density at radius 2 is 2.53 bits per heavy atom. The van der Waals surface area contributed by atoms with Crippen molar-refractivity contribution in [3.63, 3.8) is 0 Å². The van der Waals surface area contributed by atoms with E-state index in [1.54, 1.807) is 6.26 Å². The maximum atomic E-state index is 11.0. The third-order valence-electron chi connectivity index (χ3n) is 2.90. The molecule has 4 nitrogen and oxygen atoms in total. The molecule has 0 bridgehead atoms. The van der Waals surface area contributed by atoms with Crippen molar-refractivity contribution in [2.75, 3.05) is 26.2 Å². The monoisotopic (exact) mass is 208 g/mol. The molecule has 1 saturated heterocycles. The van der Waals surface area contributed by atoms with E-state index in [-0.39, 0.29) is 11.8 Å². The molecule has 2 N–H and O–H groups in total. The summed E-state index contributed by atoms with van der Waals surface area (Å²) in [4.78, 5) is 13.2. The van der Waals surface area contributed by atoms with E-state index in [1.807, 2.05) is 6.08 Å². The number of likely N-dealkylation sites (tertiary alicyclic amines) is 1. The second kappa shape index (κ2) is 4.49. The SMILES string of the molecule is NC(=O)C1CCN(CC2=CCOC=C2)C1. The first-order valence-electron chi connectivity index (χ1n) is 5.24. The van der Waals surface area contributed by atoms with E-state index in [4.69, 9.17) is 10.5 Å². The first-order chi connectivity index (χ1) is 7.25. The summed E-state index contributed by atoms with van der Waals surface area (Å²) in [6.45, 7) is 3.30. The van der Waals surface area contributed by atoms with E-state index in [0.717, 1.165) is 26.1 Å². The highest BCUT2D eigenvalue weighted by molar-refractivity contribution is 5.77. The molecule has 0 aromatic carbocycles. The van der Waals surface area contributed by atoms with Crippen LogP contribution in [0.5, 0.6) is 0 Å². The van der Waals surface area contributed by atoms with Crippen LogP contribution in [0.15, 0.2) is 24.0 Å². The first kappa shape index (κ1) is 10.2. The highest BCUT2D eigenvalue weighted by atomic mass is 16.5. The molecule has 0 aromatic heterocycles. The number of nitrogens with zero attached hydrogens (tertiary/aromatic N) is 1. The lowest BCUT2D eigenvalue weighted by atomic mass is 10.1. The second-order valence-corrected chi connectivity index (χ2v) is 4.04. The van der Waals surface area contributed by atoms with E-state index in [1.165, 1.54) is 5.57 Å². The largest absolute Gasteiger partial charge is 0.497 e. The van der Waals surface area contributed by atoms with Crippen molar-refractivity contribution in [2.24, 2.45) is 11.7 Å². The van der Waals surface area contributed by atoms with Crippen molar-refractivity contribution in [3.8, 4) is 0 Å². The molecule has 0 radical (unpaired) electrons. The van der Waals surface area contributed by atoms with Crippen LogP contribution in [0, 0.1) is 5.92 Å². The van der Waals surface area contributed by atoms with Gasteiger partial charge in [-0.2, -0.15) is 0 Å². The minimum atomic E-state index is -0.172. The maximum Gasteiger partial charge on any atom is 0.221 e. The van der Waals surface area contributed by atoms with Crippen molar-refractivity contribution in [2.45, 2.75) is 6.42 Å². The third kappa shape index (κ3) is 2.59. The van der Waals surface area contributed by atoms with Crippen molar-refractivity contribution < 1.29 is 9.53 Å². The molecule has 82 valence electrons. The molecule has 0 spiro atoms. The number of hydrogen-bond acceptors (Lipinski definition) is 3. The van der Waals surface area contributed by atoms with Gasteiger partial charge in [0.2, 0.25) is 5.91 Å². The quantitative estimate of drug-likeness (QED) is 0.724. The summed E-state index contributed by atoms with van der Waals surface area (Å²) >= 11 is 0. The Kier molecular flexibility index (Phi) is 3.06. The van der Waals surface area contributed by atoms with Gasteiger partial charge in [-0.1, -0.05) is 0 Å². The summed E-state index contributed by atoms with van der Waals surface area (Å²) in [7, 11) is 0. The van der Waals surface area contributed by atoms with Gasteiger partial charge in [0.1, 0.15) is 6.61 Å². The average molecular weight is 208 g/mol. The van der Waals surface area contributed by atoms with Crippen molar-refractivity contribution >= 4 is 5.91 Å². The minimum Gasteiger partial charge on any atom is -0.497 e. The molecule has 0 aliphatic carbocycles. The van der Waals surface area contributed by atoms with Gasteiger partial charge >= 0.3 is 0 Å². The molecule has 0 aromatic rings. The number of ether oxygens (including phenoxy) is 1. The minimum absolute atomic E-state index is 0.0365. The van der Waals surface area contributed by atoms with Gasteiger partial charge < -0.3 is 10.5 Å². The van der Waals surface area contributed by atoms with Crippen LogP contribution < -0.4 is 5.73 Å². The second-order valence-electron chi connectivity index (χ2n) is 4.04. The van der Waals surface area contributed by atoms with Gasteiger partial charge in [-0.15, -0.1) is 0 Å². The Hall–Kier alpha value is -1.29. The zero-order valence-electron chi connectivity index (χ0n) is 8.69. The summed E-state index contributed by atoms with van der Waals surface area (Å²) < 4.78 is 5.07. The predicted octanol–water partition coefficient (Wildman–Crippen LogP) is 0.264. The first-order valence-corrected chi connectivity index (χ1v) is 5.24. The van der Waals surface area contributed by atoms with E-state index >= 15 is 0 Å². The fourth-order valence-corrected chi connectivity index (χ4v) is 2.00. The Balaban J connectivity index is 1.84. The molecule has 2 heterocycles. The van der Waals surface area contributed by atoms with E-state index in [0.29, 0.717) is 6.61 Å². The molecule has 4 heteroatoms. The highest BCUT2D eigenvalue weighted by Gasteiger charge is 2.26. The number of amides is 1. The smallest absolute Gasteiger partial charge is 0.221 e. The normalized spacial score (nSPS) is 26.1. The van der Waals surface area contributed by atoms with Crippen LogP contribution >= 0.6 is 0 Å². The van der Waals surface area contributed by atoms with Crippen molar-refractivity contribution in [3.05, 3.63) is 24.0 Å². The van der Waals surface area contributed by atoms with Gasteiger partial charge in [0.05, 0.1) is 12.2 Å². The van der Waals surface area contributed by atoms with Crippen LogP contribution in [0.1, 0.15) is 6.42 Å². The topological polar surface area (TPSA) is 55.6 Å². The summed E-state index contributed by atoms with van der Waals surface area (Å²) in [5.74, 6) is -0.136. The van der Waals surface area contributed by atoms with Gasteiger partial charge in [0.15, 0.2) is 0 Å². The number of carbonyl (C=O) groups excluding carboxylic acids is 1. The Morgan fingerprint density at radius 1 is 1.67 bits per heavy atom. The van der Waals surface area contributed by atoms with Gasteiger partial charge in [-0.05, 0) is 30.7 Å². The van der Waals surface area contributed by atoms with E-state index in [2.05, 4.69) is 11.0 Å². The fourth-order valence-electron chi connectivity index (χ4n) is 2.00. The van der Waals surface area contributed by atoms with Gasteiger partial charge in [0, 0.05) is 13.1 Å². The van der Waals surface area contributed by atoms with Crippen molar-refractivity contribution in [1.29, 1.82) is 0 Å². The number of nitrogens with two attached hydrogens (primary N) is 1. The zero-order valence-corrected chi connectivity index (χ0v) is 8.69. The molecular formula is C11H16N2O2. The number of carbonyl (C=O) groups is 1. The lowest BCUT2D eigenvalue weighted by molar-refractivity contribution is -0.121. The lowest BCUT2D eigenvalue weighted by Crippen LogP contribution is -2.28. The molecule has 1 fully saturated rings. The Labute approximate surface area is 89.4 Å². The number of rotatable bonds is 3. The van der Waals surface area contributed by atoms with Crippen molar-refractivity contribution in [1.82, 2.24) is 4.90 Å². The predicted molar refractivity (Wildman–Crippen MR) is 56.9 cm³/mol. The molecule has 2 aliphatic heterocycles. The number of primary amides is 1. The van der Waals surface area contributed by atoms with Crippen LogP contribution in [0.2, 0.25) is 0 Å². The molecule has 1 atom stereocenters. The van der Waals surface area contributed by atoms with Crippen LogP contribution in [-0.4, -0.2) is 37.0 Å². The average Bonchev–Trinajstić information content (AvgIpc) is 2.68.